The average Bonchev–Trinajstić information content (AvgIpc) is 3.11. The number of ether oxygens (including phenoxy) is 1. The first kappa shape index (κ1) is 17.5. The quantitative estimate of drug-likeness (QED) is 0.541. The van der Waals surface area contributed by atoms with E-state index in [1.165, 1.54) is 10.8 Å². The van der Waals surface area contributed by atoms with E-state index in [-0.39, 0.29) is 12.1 Å². The second kappa shape index (κ2) is 7.40. The normalized spacial score (nSPS) is 19.1. The van der Waals surface area contributed by atoms with Crippen LogP contribution in [0.2, 0.25) is 0 Å². The first-order valence-corrected chi connectivity index (χ1v) is 9.60. The van der Waals surface area contributed by atoms with E-state index in [9.17, 15) is 0 Å². The predicted molar refractivity (Wildman–Crippen MR) is 114 cm³/mol. The summed E-state index contributed by atoms with van der Waals surface area (Å²) in [6, 6.07) is 25.0. The van der Waals surface area contributed by atoms with Crippen LogP contribution in [0.4, 0.5) is 0 Å². The number of hydrogen-bond donors (Lipinski definition) is 0. The van der Waals surface area contributed by atoms with Crippen molar-refractivity contribution in [3.63, 3.8) is 0 Å². The van der Waals surface area contributed by atoms with Crippen molar-refractivity contribution in [2.75, 3.05) is 0 Å². The average molecular weight is 355 g/mol. The van der Waals surface area contributed by atoms with E-state index in [1.807, 2.05) is 30.3 Å². The first-order chi connectivity index (χ1) is 13.1. The highest BCUT2D eigenvalue weighted by atomic mass is 16.5. The van der Waals surface area contributed by atoms with E-state index < -0.39 is 0 Å². The molecule has 0 fully saturated rings. The van der Waals surface area contributed by atoms with Crippen LogP contribution in [0.25, 0.3) is 16.3 Å². The van der Waals surface area contributed by atoms with Crippen LogP contribution in [-0.2, 0) is 4.74 Å². The fourth-order valence-electron chi connectivity index (χ4n) is 3.79. The molecule has 0 bridgehead atoms. The highest BCUT2D eigenvalue weighted by molar-refractivity contribution is 5.99. The van der Waals surface area contributed by atoms with Crippen LogP contribution in [0, 0.1) is 5.92 Å². The summed E-state index contributed by atoms with van der Waals surface area (Å²) in [6.07, 6.45) is 0.846. The second-order valence-corrected chi connectivity index (χ2v) is 7.59. The molecule has 2 heteroatoms. The Bertz CT molecular complexity index is 982. The standard InChI is InChI=1S/C25H25NO/c1-17(2)16-23-24(27-25(26-23)20-11-5-4-6-12-20)18(3)21-15-9-13-19-10-7-8-14-22(19)21/h4-15,17,23-24H,3,16H2,1-2H3/t23-,24-/m0/s1. The van der Waals surface area contributed by atoms with Gasteiger partial charge in [0.25, 0.3) is 0 Å². The molecule has 1 aliphatic rings. The summed E-state index contributed by atoms with van der Waals surface area (Å²) in [5.74, 6) is 1.27. The van der Waals surface area contributed by atoms with Crippen molar-refractivity contribution in [3.05, 3.63) is 90.5 Å². The van der Waals surface area contributed by atoms with Gasteiger partial charge in [-0.1, -0.05) is 81.1 Å². The molecule has 136 valence electrons. The van der Waals surface area contributed by atoms with Crippen LogP contribution < -0.4 is 0 Å². The van der Waals surface area contributed by atoms with Crippen LogP contribution in [0.3, 0.4) is 0 Å². The lowest BCUT2D eigenvalue weighted by Crippen LogP contribution is -2.25. The number of fused-ring (bicyclic) bond motifs is 1. The molecule has 1 heterocycles. The van der Waals surface area contributed by atoms with Gasteiger partial charge >= 0.3 is 0 Å². The fourth-order valence-corrected chi connectivity index (χ4v) is 3.79. The molecule has 0 saturated heterocycles. The van der Waals surface area contributed by atoms with Gasteiger partial charge in [-0.3, -0.25) is 0 Å². The van der Waals surface area contributed by atoms with Crippen molar-refractivity contribution in [2.24, 2.45) is 10.9 Å². The van der Waals surface area contributed by atoms with Crippen LogP contribution >= 0.6 is 0 Å². The molecule has 3 aromatic carbocycles. The van der Waals surface area contributed by atoms with Gasteiger partial charge in [-0.15, -0.1) is 0 Å². The Hall–Kier alpha value is -2.87. The number of nitrogens with zero attached hydrogens (tertiary/aromatic N) is 1. The molecule has 0 radical (unpaired) electrons. The summed E-state index contributed by atoms with van der Waals surface area (Å²) < 4.78 is 6.38. The largest absolute Gasteiger partial charge is 0.467 e. The predicted octanol–water partition coefficient (Wildman–Crippen LogP) is 6.11. The van der Waals surface area contributed by atoms with Crippen molar-refractivity contribution < 1.29 is 4.74 Å². The molecule has 0 unspecified atom stereocenters. The zero-order valence-corrected chi connectivity index (χ0v) is 15.9. The Labute approximate surface area is 161 Å². The summed E-state index contributed by atoms with van der Waals surface area (Å²) in [5.41, 5.74) is 3.18. The van der Waals surface area contributed by atoms with E-state index in [1.54, 1.807) is 0 Å². The molecule has 1 aliphatic heterocycles. The van der Waals surface area contributed by atoms with Gasteiger partial charge in [0.05, 0.1) is 6.04 Å². The number of hydrogen-bond acceptors (Lipinski definition) is 2. The molecule has 4 rings (SSSR count). The molecule has 27 heavy (non-hydrogen) atoms. The van der Waals surface area contributed by atoms with E-state index >= 15 is 0 Å². The molecule has 0 amide bonds. The van der Waals surface area contributed by atoms with Crippen LogP contribution in [0.1, 0.15) is 31.4 Å². The molecule has 0 aliphatic carbocycles. The monoisotopic (exact) mass is 355 g/mol. The zero-order chi connectivity index (χ0) is 18.8. The van der Waals surface area contributed by atoms with Gasteiger partial charge in [0.15, 0.2) is 0 Å². The molecule has 3 aromatic rings. The summed E-state index contributed by atoms with van der Waals surface area (Å²) in [4.78, 5) is 4.94. The van der Waals surface area contributed by atoms with E-state index in [0.717, 1.165) is 29.0 Å². The van der Waals surface area contributed by atoms with Crippen molar-refractivity contribution in [1.29, 1.82) is 0 Å². The Morgan fingerprint density at radius 2 is 1.67 bits per heavy atom. The van der Waals surface area contributed by atoms with Crippen molar-refractivity contribution >= 4 is 22.2 Å². The first-order valence-electron chi connectivity index (χ1n) is 9.60. The highest BCUT2D eigenvalue weighted by Crippen LogP contribution is 2.34. The number of rotatable bonds is 5. The molecule has 0 N–H and O–H groups in total. The van der Waals surface area contributed by atoms with E-state index in [4.69, 9.17) is 9.73 Å². The highest BCUT2D eigenvalue weighted by Gasteiger charge is 2.34. The smallest absolute Gasteiger partial charge is 0.217 e. The number of benzene rings is 3. The molecule has 0 spiro atoms. The molecule has 2 nitrogen and oxygen atoms in total. The second-order valence-electron chi connectivity index (χ2n) is 7.59. The maximum atomic E-state index is 6.38. The van der Waals surface area contributed by atoms with E-state index in [0.29, 0.717) is 5.92 Å². The third-order valence-corrected chi connectivity index (χ3v) is 5.08. The molecular weight excluding hydrogens is 330 g/mol. The van der Waals surface area contributed by atoms with Gasteiger partial charge in [-0.2, -0.15) is 0 Å². The van der Waals surface area contributed by atoms with Crippen molar-refractivity contribution in [3.8, 4) is 0 Å². The topological polar surface area (TPSA) is 21.6 Å². The van der Waals surface area contributed by atoms with Gasteiger partial charge in [-0.25, -0.2) is 4.99 Å². The number of aliphatic imine (C=N–C) groups is 1. The lowest BCUT2D eigenvalue weighted by molar-refractivity contribution is 0.238. The van der Waals surface area contributed by atoms with Gasteiger partial charge in [0.2, 0.25) is 5.90 Å². The van der Waals surface area contributed by atoms with Crippen LogP contribution in [-0.4, -0.2) is 18.0 Å². The summed E-state index contributed by atoms with van der Waals surface area (Å²) in [6.45, 7) is 8.90. The molecule has 0 aromatic heterocycles. The molecule has 2 atom stereocenters. The maximum absolute atomic E-state index is 6.38. The van der Waals surface area contributed by atoms with Crippen molar-refractivity contribution in [1.82, 2.24) is 0 Å². The fraction of sp³-hybridized carbons (Fsp3) is 0.240. The van der Waals surface area contributed by atoms with E-state index in [2.05, 4.69) is 62.9 Å². The Kier molecular flexibility index (Phi) is 4.81. The van der Waals surface area contributed by atoms with Crippen molar-refractivity contribution in [2.45, 2.75) is 32.4 Å². The lowest BCUT2D eigenvalue weighted by Gasteiger charge is -2.22. The Balaban J connectivity index is 1.70. The van der Waals surface area contributed by atoms with Crippen LogP contribution in [0.5, 0.6) is 0 Å². The van der Waals surface area contributed by atoms with Crippen LogP contribution in [0.15, 0.2) is 84.4 Å². The Morgan fingerprint density at radius 1 is 0.963 bits per heavy atom. The minimum Gasteiger partial charge on any atom is -0.467 e. The minimum absolute atomic E-state index is 0.0895. The summed E-state index contributed by atoms with van der Waals surface area (Å²) in [7, 11) is 0. The molecule has 0 saturated carbocycles. The maximum Gasteiger partial charge on any atom is 0.217 e. The third-order valence-electron chi connectivity index (χ3n) is 5.08. The van der Waals surface area contributed by atoms with Gasteiger partial charge in [0.1, 0.15) is 6.10 Å². The lowest BCUT2D eigenvalue weighted by atomic mass is 9.90. The summed E-state index contributed by atoms with van der Waals surface area (Å²) in [5, 5.41) is 2.43. The molecular formula is C25H25NO. The zero-order valence-electron chi connectivity index (χ0n) is 15.9. The van der Waals surface area contributed by atoms with Gasteiger partial charge in [-0.05, 0) is 46.4 Å². The summed E-state index contributed by atoms with van der Waals surface area (Å²) >= 11 is 0. The minimum atomic E-state index is -0.131. The van der Waals surface area contributed by atoms with Gasteiger partial charge in [0, 0.05) is 5.56 Å². The third kappa shape index (κ3) is 3.52. The SMILES string of the molecule is C=C(c1cccc2ccccc12)[C@@H]1OC(c2ccccc2)=N[C@H]1CC(C)C. The Morgan fingerprint density at radius 3 is 2.44 bits per heavy atom. The van der Waals surface area contributed by atoms with Gasteiger partial charge < -0.3 is 4.74 Å².